The van der Waals surface area contributed by atoms with Crippen LogP contribution in [0.5, 0.6) is 0 Å². The third-order valence-corrected chi connectivity index (χ3v) is 4.25. The molecule has 2 rings (SSSR count). The Kier molecular flexibility index (Phi) is 5.94. The van der Waals surface area contributed by atoms with Crippen molar-refractivity contribution in [3.63, 3.8) is 0 Å². The predicted octanol–water partition coefficient (Wildman–Crippen LogP) is 1.27. The molecular weight excluding hydrogens is 304 g/mol. The van der Waals surface area contributed by atoms with Crippen molar-refractivity contribution in [2.24, 2.45) is 0 Å². The molecule has 1 unspecified atom stereocenters. The lowest BCUT2D eigenvalue weighted by atomic mass is 10.1. The molecule has 6 nitrogen and oxygen atoms in total. The monoisotopic (exact) mass is 330 g/mol. The molecule has 0 radical (unpaired) electrons. The normalized spacial score (nSPS) is 18.0. The van der Waals surface area contributed by atoms with E-state index in [4.69, 9.17) is 5.26 Å². The van der Waals surface area contributed by atoms with E-state index in [-0.39, 0.29) is 11.9 Å². The van der Waals surface area contributed by atoms with Crippen LogP contribution in [0.2, 0.25) is 0 Å². The van der Waals surface area contributed by atoms with E-state index in [9.17, 15) is 9.90 Å². The van der Waals surface area contributed by atoms with Gasteiger partial charge in [0.15, 0.2) is 0 Å². The van der Waals surface area contributed by atoms with Gasteiger partial charge < -0.3 is 10.4 Å². The van der Waals surface area contributed by atoms with Crippen molar-refractivity contribution in [1.29, 1.82) is 5.26 Å². The summed E-state index contributed by atoms with van der Waals surface area (Å²) in [5.41, 5.74) is 0.317. The maximum atomic E-state index is 12.5. The fourth-order valence-corrected chi connectivity index (χ4v) is 2.95. The Morgan fingerprint density at radius 2 is 1.96 bits per heavy atom. The number of para-hydroxylation sites is 1. The predicted molar refractivity (Wildman–Crippen MR) is 93.6 cm³/mol. The van der Waals surface area contributed by atoms with Gasteiger partial charge in [-0.3, -0.25) is 14.6 Å². The molecule has 1 saturated heterocycles. The fraction of sp³-hybridized carbons (Fsp3) is 0.556. The van der Waals surface area contributed by atoms with Crippen LogP contribution in [0.3, 0.4) is 0 Å². The topological polar surface area (TPSA) is 79.6 Å². The Morgan fingerprint density at radius 3 is 2.54 bits per heavy atom. The molecule has 1 aliphatic heterocycles. The first-order chi connectivity index (χ1) is 11.3. The van der Waals surface area contributed by atoms with Gasteiger partial charge in [0, 0.05) is 32.7 Å². The van der Waals surface area contributed by atoms with Crippen LogP contribution < -0.4 is 5.32 Å². The van der Waals surface area contributed by atoms with Gasteiger partial charge in [0.25, 0.3) is 0 Å². The van der Waals surface area contributed by atoms with Crippen LogP contribution in [0.4, 0.5) is 5.69 Å². The van der Waals surface area contributed by atoms with Crippen molar-refractivity contribution in [1.82, 2.24) is 9.80 Å². The van der Waals surface area contributed by atoms with Gasteiger partial charge >= 0.3 is 0 Å². The van der Waals surface area contributed by atoms with Crippen LogP contribution in [-0.2, 0) is 4.79 Å². The van der Waals surface area contributed by atoms with Gasteiger partial charge in [0.05, 0.1) is 22.9 Å². The highest BCUT2D eigenvalue weighted by Gasteiger charge is 2.28. The first kappa shape index (κ1) is 18.4. The third kappa shape index (κ3) is 5.03. The number of rotatable bonds is 5. The Hall–Kier alpha value is -1.94. The number of carbonyl (C=O) groups excluding carboxylic acids is 1. The van der Waals surface area contributed by atoms with Crippen molar-refractivity contribution in [2.45, 2.75) is 32.4 Å². The summed E-state index contributed by atoms with van der Waals surface area (Å²) in [6, 6.07) is 8.84. The Morgan fingerprint density at radius 1 is 1.33 bits per heavy atom. The first-order valence-electron chi connectivity index (χ1n) is 8.29. The van der Waals surface area contributed by atoms with Crippen molar-refractivity contribution < 1.29 is 9.90 Å². The molecule has 0 spiro atoms. The summed E-state index contributed by atoms with van der Waals surface area (Å²) >= 11 is 0. The molecule has 0 aromatic heterocycles. The van der Waals surface area contributed by atoms with Gasteiger partial charge in [-0.2, -0.15) is 5.26 Å². The van der Waals surface area contributed by atoms with Crippen LogP contribution in [0.25, 0.3) is 0 Å². The molecule has 0 aliphatic carbocycles. The van der Waals surface area contributed by atoms with E-state index >= 15 is 0 Å². The molecular formula is C18H26N4O2. The Bertz CT molecular complexity index is 610. The zero-order valence-corrected chi connectivity index (χ0v) is 14.6. The van der Waals surface area contributed by atoms with Gasteiger partial charge in [-0.1, -0.05) is 12.1 Å². The summed E-state index contributed by atoms with van der Waals surface area (Å²) < 4.78 is 0. The van der Waals surface area contributed by atoms with Crippen LogP contribution in [0, 0.1) is 11.3 Å². The van der Waals surface area contributed by atoms with E-state index < -0.39 is 5.60 Å². The molecule has 2 N–H and O–H groups in total. The van der Waals surface area contributed by atoms with Crippen molar-refractivity contribution in [3.05, 3.63) is 29.8 Å². The number of aliphatic hydroxyl groups is 1. The van der Waals surface area contributed by atoms with Crippen LogP contribution in [0.15, 0.2) is 24.3 Å². The number of hydrogen-bond acceptors (Lipinski definition) is 5. The summed E-state index contributed by atoms with van der Waals surface area (Å²) in [5.74, 6) is -0.103. The zero-order valence-electron chi connectivity index (χ0n) is 14.6. The van der Waals surface area contributed by atoms with Crippen LogP contribution in [0.1, 0.15) is 26.3 Å². The number of amides is 1. The minimum Gasteiger partial charge on any atom is -0.389 e. The number of β-amino-alcohol motifs (C(OH)–C–C–N with tert-alkyl or cyclic N) is 1. The number of nitrogens with one attached hydrogen (secondary N) is 1. The van der Waals surface area contributed by atoms with Gasteiger partial charge in [0.2, 0.25) is 5.91 Å². The molecule has 1 amide bonds. The second-order valence-corrected chi connectivity index (χ2v) is 6.95. The van der Waals surface area contributed by atoms with Gasteiger partial charge in [-0.25, -0.2) is 0 Å². The molecule has 1 fully saturated rings. The highest BCUT2D eigenvalue weighted by molar-refractivity contribution is 5.95. The highest BCUT2D eigenvalue weighted by atomic mass is 16.3. The van der Waals surface area contributed by atoms with E-state index in [1.54, 1.807) is 24.3 Å². The summed E-state index contributed by atoms with van der Waals surface area (Å²) in [7, 11) is 0. The summed E-state index contributed by atoms with van der Waals surface area (Å²) in [5, 5.41) is 21.9. The molecule has 24 heavy (non-hydrogen) atoms. The number of piperazine rings is 1. The van der Waals surface area contributed by atoms with Crippen LogP contribution in [-0.4, -0.2) is 65.2 Å². The van der Waals surface area contributed by atoms with Gasteiger partial charge in [-0.15, -0.1) is 0 Å². The van der Waals surface area contributed by atoms with Crippen molar-refractivity contribution in [2.75, 3.05) is 38.0 Å². The molecule has 1 aliphatic rings. The number of benzene rings is 1. The first-order valence-corrected chi connectivity index (χ1v) is 8.29. The summed E-state index contributed by atoms with van der Waals surface area (Å²) in [6.07, 6.45) is 0. The van der Waals surface area contributed by atoms with E-state index in [1.807, 2.05) is 20.8 Å². The lowest BCUT2D eigenvalue weighted by molar-refractivity contribution is -0.121. The molecule has 1 heterocycles. The largest absolute Gasteiger partial charge is 0.389 e. The lowest BCUT2D eigenvalue weighted by Crippen LogP contribution is -2.54. The van der Waals surface area contributed by atoms with E-state index in [0.29, 0.717) is 17.8 Å². The molecule has 130 valence electrons. The molecule has 0 saturated carbocycles. The average Bonchev–Trinajstić information content (AvgIpc) is 2.54. The third-order valence-electron chi connectivity index (χ3n) is 4.25. The van der Waals surface area contributed by atoms with E-state index in [2.05, 4.69) is 21.2 Å². The highest BCUT2D eigenvalue weighted by Crippen LogP contribution is 2.16. The number of anilines is 1. The number of carbonyl (C=O) groups is 1. The van der Waals surface area contributed by atoms with Crippen LogP contribution >= 0.6 is 0 Å². The smallest absolute Gasteiger partial charge is 0.241 e. The molecule has 6 heteroatoms. The maximum Gasteiger partial charge on any atom is 0.241 e. The second kappa shape index (κ2) is 7.75. The molecule has 1 aromatic carbocycles. The quantitative estimate of drug-likeness (QED) is 0.850. The van der Waals surface area contributed by atoms with Gasteiger partial charge in [-0.05, 0) is 32.9 Å². The zero-order chi connectivity index (χ0) is 17.7. The van der Waals surface area contributed by atoms with Crippen molar-refractivity contribution in [3.8, 4) is 6.07 Å². The Labute approximate surface area is 143 Å². The van der Waals surface area contributed by atoms with Gasteiger partial charge in [0.1, 0.15) is 6.07 Å². The fourth-order valence-electron chi connectivity index (χ4n) is 2.95. The van der Waals surface area contributed by atoms with Crippen molar-refractivity contribution >= 4 is 11.6 Å². The minimum atomic E-state index is -0.702. The number of nitriles is 1. The second-order valence-electron chi connectivity index (χ2n) is 6.95. The summed E-state index contributed by atoms with van der Waals surface area (Å²) in [4.78, 5) is 16.8. The van der Waals surface area contributed by atoms with E-state index in [0.717, 1.165) is 26.2 Å². The molecule has 0 bridgehead atoms. The Balaban J connectivity index is 1.90. The standard InChI is InChI=1S/C18H26N4O2/c1-14(17(23)20-16-7-5-4-6-15(16)12-19)22-10-8-21(9-11-22)13-18(2,3)24/h4-7,14,24H,8-11,13H2,1-3H3,(H,20,23). The molecule has 1 atom stereocenters. The summed E-state index contributed by atoms with van der Waals surface area (Å²) in [6.45, 7) is 9.36. The number of nitrogens with zero attached hydrogens (tertiary/aromatic N) is 3. The van der Waals surface area contributed by atoms with E-state index in [1.165, 1.54) is 0 Å². The molecule has 1 aromatic rings. The maximum absolute atomic E-state index is 12.5. The minimum absolute atomic E-state index is 0.103. The SMILES string of the molecule is CC(C(=O)Nc1ccccc1C#N)N1CCN(CC(C)(C)O)CC1. The lowest BCUT2D eigenvalue weighted by Gasteiger charge is -2.39. The number of hydrogen-bond donors (Lipinski definition) is 2. The average molecular weight is 330 g/mol.